The fourth-order valence-corrected chi connectivity index (χ4v) is 3.97. The Morgan fingerprint density at radius 3 is 2.92 bits per heavy atom. The molecule has 0 spiro atoms. The number of fused-ring (bicyclic) bond motifs is 1. The van der Waals surface area contributed by atoms with E-state index < -0.39 is 0 Å². The molecule has 1 aromatic carbocycles. The number of thioether (sulfide) groups is 1. The van der Waals surface area contributed by atoms with E-state index >= 15 is 0 Å². The van der Waals surface area contributed by atoms with Crippen LogP contribution in [0.1, 0.15) is 17.9 Å². The van der Waals surface area contributed by atoms with Crippen molar-refractivity contribution in [1.29, 1.82) is 0 Å². The molecule has 0 radical (unpaired) electrons. The number of hydrogen-bond donors (Lipinski definition) is 1. The first kappa shape index (κ1) is 17.0. The maximum Gasteiger partial charge on any atom is 0.220 e. The quantitative estimate of drug-likeness (QED) is 0.694. The molecule has 0 atom stereocenters. The van der Waals surface area contributed by atoms with Gasteiger partial charge in [0.15, 0.2) is 5.16 Å². The average molecular weight is 367 g/mol. The van der Waals surface area contributed by atoms with Crippen LogP contribution in [-0.2, 0) is 24.2 Å². The molecule has 3 heterocycles. The van der Waals surface area contributed by atoms with Gasteiger partial charge in [-0.2, -0.15) is 0 Å². The number of rotatable bonds is 7. The van der Waals surface area contributed by atoms with Crippen molar-refractivity contribution in [3.63, 3.8) is 0 Å². The first-order chi connectivity index (χ1) is 12.8. The van der Waals surface area contributed by atoms with Crippen LogP contribution in [0.5, 0.6) is 0 Å². The largest absolute Gasteiger partial charge is 0.461 e. The molecule has 0 unspecified atom stereocenters. The van der Waals surface area contributed by atoms with Crippen LogP contribution in [0, 0.1) is 0 Å². The number of carbonyl (C=O) groups is 1. The molecule has 1 N–H and O–H groups in total. The Morgan fingerprint density at radius 2 is 2.08 bits per heavy atom. The zero-order valence-corrected chi connectivity index (χ0v) is 15.3. The Balaban J connectivity index is 1.21. The van der Waals surface area contributed by atoms with Gasteiger partial charge < -0.3 is 14.3 Å². The van der Waals surface area contributed by atoms with Crippen molar-refractivity contribution in [1.82, 2.24) is 14.9 Å². The zero-order valence-electron chi connectivity index (χ0n) is 14.5. The third-order valence-electron chi connectivity index (χ3n) is 4.37. The lowest BCUT2D eigenvalue weighted by molar-refractivity contribution is -0.121. The van der Waals surface area contributed by atoms with Gasteiger partial charge in [-0.1, -0.05) is 42.1 Å². The highest BCUT2D eigenvalue weighted by Gasteiger charge is 2.14. The van der Waals surface area contributed by atoms with E-state index in [1.807, 2.05) is 42.5 Å². The molecule has 0 saturated carbocycles. The second-order valence-electron chi connectivity index (χ2n) is 6.29. The topological polar surface area (TPSA) is 60.1 Å². The number of hydrogen-bond acceptors (Lipinski definition) is 4. The predicted octanol–water partition coefficient (Wildman–Crippen LogP) is 3.54. The minimum Gasteiger partial charge on any atom is -0.461 e. The molecule has 1 aliphatic rings. The molecule has 134 valence electrons. The fourth-order valence-electron chi connectivity index (χ4n) is 3.01. The van der Waals surface area contributed by atoms with Gasteiger partial charge in [0.25, 0.3) is 0 Å². The van der Waals surface area contributed by atoms with Crippen LogP contribution < -0.4 is 5.32 Å². The molecule has 5 nitrogen and oxygen atoms in total. The summed E-state index contributed by atoms with van der Waals surface area (Å²) in [7, 11) is 0. The Kier molecular flexibility index (Phi) is 5.11. The van der Waals surface area contributed by atoms with Crippen LogP contribution in [0.3, 0.4) is 0 Å². The van der Waals surface area contributed by atoms with Crippen molar-refractivity contribution in [2.75, 3.05) is 12.3 Å². The van der Waals surface area contributed by atoms with Gasteiger partial charge in [0.05, 0.1) is 5.69 Å². The van der Waals surface area contributed by atoms with E-state index in [0.717, 1.165) is 46.7 Å². The third kappa shape index (κ3) is 4.02. The number of imidazole rings is 1. The van der Waals surface area contributed by atoms with Crippen molar-refractivity contribution in [3.05, 3.63) is 60.1 Å². The average Bonchev–Trinajstić information content (AvgIpc) is 3.37. The van der Waals surface area contributed by atoms with Gasteiger partial charge in [0.1, 0.15) is 11.5 Å². The minimum atomic E-state index is 0.0452. The molecule has 2 aromatic heterocycles. The smallest absolute Gasteiger partial charge is 0.220 e. The van der Waals surface area contributed by atoms with Crippen molar-refractivity contribution in [3.8, 4) is 11.3 Å². The van der Waals surface area contributed by atoms with E-state index in [0.29, 0.717) is 19.4 Å². The second-order valence-corrected chi connectivity index (χ2v) is 7.35. The Hall–Kier alpha value is -2.47. The molecular weight excluding hydrogens is 346 g/mol. The standard InChI is InChI=1S/C20H21N3O2S/c24-19(21-11-10-16-14-23-12-13-26-20(23)22-16)9-7-17-6-8-18(25-17)15-4-2-1-3-5-15/h1-6,8,14H,7,9-13H2,(H,21,24). The molecule has 4 rings (SSSR count). The first-order valence-corrected chi connectivity index (χ1v) is 9.86. The molecule has 0 fully saturated rings. The Bertz CT molecular complexity index is 864. The summed E-state index contributed by atoms with van der Waals surface area (Å²) in [6.45, 7) is 1.65. The normalized spacial score (nSPS) is 12.9. The van der Waals surface area contributed by atoms with E-state index in [-0.39, 0.29) is 5.91 Å². The van der Waals surface area contributed by atoms with E-state index in [1.54, 1.807) is 11.8 Å². The second kappa shape index (κ2) is 7.83. The Morgan fingerprint density at radius 1 is 1.19 bits per heavy atom. The van der Waals surface area contributed by atoms with Gasteiger partial charge in [-0.25, -0.2) is 4.98 Å². The summed E-state index contributed by atoms with van der Waals surface area (Å²) in [4.78, 5) is 16.6. The molecule has 1 aliphatic heterocycles. The molecule has 0 aliphatic carbocycles. The van der Waals surface area contributed by atoms with Crippen molar-refractivity contribution < 1.29 is 9.21 Å². The molecule has 0 bridgehead atoms. The van der Waals surface area contributed by atoms with Crippen LogP contribution in [0.25, 0.3) is 11.3 Å². The summed E-state index contributed by atoms with van der Waals surface area (Å²) in [5, 5.41) is 4.06. The SMILES string of the molecule is O=C(CCc1ccc(-c2ccccc2)o1)NCCc1cn2c(n1)SCC2. The van der Waals surface area contributed by atoms with Crippen LogP contribution >= 0.6 is 11.8 Å². The molecular formula is C20H21N3O2S. The lowest BCUT2D eigenvalue weighted by Gasteiger charge is -2.03. The lowest BCUT2D eigenvalue weighted by atomic mass is 10.2. The van der Waals surface area contributed by atoms with Crippen molar-refractivity contribution in [2.45, 2.75) is 31.0 Å². The first-order valence-electron chi connectivity index (χ1n) is 8.87. The minimum absolute atomic E-state index is 0.0452. The van der Waals surface area contributed by atoms with Gasteiger partial charge in [-0.05, 0) is 12.1 Å². The highest BCUT2D eigenvalue weighted by Crippen LogP contribution is 2.24. The maximum absolute atomic E-state index is 12.0. The van der Waals surface area contributed by atoms with Gasteiger partial charge >= 0.3 is 0 Å². The summed E-state index contributed by atoms with van der Waals surface area (Å²) >= 11 is 1.79. The predicted molar refractivity (Wildman–Crippen MR) is 102 cm³/mol. The number of aromatic nitrogens is 2. The van der Waals surface area contributed by atoms with Crippen LogP contribution in [0.4, 0.5) is 0 Å². The van der Waals surface area contributed by atoms with E-state index in [2.05, 4.69) is 21.1 Å². The molecule has 3 aromatic rings. The summed E-state index contributed by atoms with van der Waals surface area (Å²) in [5.41, 5.74) is 2.10. The molecule has 6 heteroatoms. The van der Waals surface area contributed by atoms with Crippen molar-refractivity contribution >= 4 is 17.7 Å². The summed E-state index contributed by atoms with van der Waals surface area (Å²) in [5.74, 6) is 2.83. The fraction of sp³-hybridized carbons (Fsp3) is 0.300. The maximum atomic E-state index is 12.0. The highest BCUT2D eigenvalue weighted by molar-refractivity contribution is 7.99. The number of aryl methyl sites for hydroxylation is 2. The summed E-state index contributed by atoms with van der Waals surface area (Å²) in [6, 6.07) is 13.9. The number of nitrogens with one attached hydrogen (secondary N) is 1. The van der Waals surface area contributed by atoms with Gasteiger partial charge in [-0.15, -0.1) is 0 Å². The summed E-state index contributed by atoms with van der Waals surface area (Å²) in [6.07, 6.45) is 3.89. The zero-order chi connectivity index (χ0) is 17.8. The van der Waals surface area contributed by atoms with E-state index in [1.165, 1.54) is 0 Å². The molecule has 26 heavy (non-hydrogen) atoms. The van der Waals surface area contributed by atoms with Gasteiger partial charge in [0.2, 0.25) is 5.91 Å². The highest BCUT2D eigenvalue weighted by atomic mass is 32.2. The third-order valence-corrected chi connectivity index (χ3v) is 5.35. The molecule has 0 saturated heterocycles. The number of benzene rings is 1. The van der Waals surface area contributed by atoms with Crippen LogP contribution in [0.15, 0.2) is 58.2 Å². The number of furan rings is 1. The molecule has 1 amide bonds. The number of carbonyl (C=O) groups excluding carboxylic acids is 1. The Labute approximate surface area is 156 Å². The van der Waals surface area contributed by atoms with Crippen molar-refractivity contribution in [2.24, 2.45) is 0 Å². The lowest BCUT2D eigenvalue weighted by Crippen LogP contribution is -2.25. The van der Waals surface area contributed by atoms with Crippen LogP contribution in [0.2, 0.25) is 0 Å². The monoisotopic (exact) mass is 367 g/mol. The van der Waals surface area contributed by atoms with Gasteiger partial charge in [-0.3, -0.25) is 4.79 Å². The van der Waals surface area contributed by atoms with Crippen LogP contribution in [-0.4, -0.2) is 27.8 Å². The number of amides is 1. The van der Waals surface area contributed by atoms with E-state index in [4.69, 9.17) is 4.42 Å². The summed E-state index contributed by atoms with van der Waals surface area (Å²) < 4.78 is 8.02. The number of nitrogens with zero attached hydrogens (tertiary/aromatic N) is 2. The van der Waals surface area contributed by atoms with E-state index in [9.17, 15) is 4.79 Å². The van der Waals surface area contributed by atoms with Gasteiger partial charge in [0, 0.05) is 49.9 Å².